The monoisotopic (exact) mass is 388 g/mol. The van der Waals surface area contributed by atoms with Crippen LogP contribution in [0.3, 0.4) is 0 Å². The van der Waals surface area contributed by atoms with Gasteiger partial charge < -0.3 is 10.1 Å². The van der Waals surface area contributed by atoms with Crippen molar-refractivity contribution in [3.8, 4) is 0 Å². The summed E-state index contributed by atoms with van der Waals surface area (Å²) in [5.41, 5.74) is 2.47. The van der Waals surface area contributed by atoms with Crippen LogP contribution >= 0.6 is 0 Å². The second kappa shape index (κ2) is 10.9. The molecular formula is C22H36N4O2. The smallest absolute Gasteiger partial charge is 0.224 e. The van der Waals surface area contributed by atoms with E-state index in [0.29, 0.717) is 19.2 Å². The Morgan fingerprint density at radius 1 is 1.25 bits per heavy atom. The number of hydrogen-bond donors (Lipinski definition) is 1. The zero-order valence-electron chi connectivity index (χ0n) is 17.5. The van der Waals surface area contributed by atoms with Crippen molar-refractivity contribution in [2.24, 2.45) is 5.92 Å². The van der Waals surface area contributed by atoms with Crippen molar-refractivity contribution in [1.29, 1.82) is 0 Å². The summed E-state index contributed by atoms with van der Waals surface area (Å²) >= 11 is 0. The first kappa shape index (κ1) is 21.2. The number of nitrogens with one attached hydrogen (secondary N) is 1. The molecule has 6 nitrogen and oxygen atoms in total. The molecule has 2 fully saturated rings. The van der Waals surface area contributed by atoms with Crippen LogP contribution in [-0.2, 0) is 22.5 Å². The van der Waals surface area contributed by atoms with Crippen LogP contribution in [0.25, 0.3) is 0 Å². The van der Waals surface area contributed by atoms with Crippen molar-refractivity contribution in [2.75, 3.05) is 46.4 Å². The second-order valence-electron chi connectivity index (χ2n) is 8.14. The molecule has 2 saturated heterocycles. The molecular weight excluding hydrogens is 352 g/mol. The summed E-state index contributed by atoms with van der Waals surface area (Å²) in [6.07, 6.45) is 7.55. The van der Waals surface area contributed by atoms with E-state index in [4.69, 9.17) is 4.74 Å². The van der Waals surface area contributed by atoms with Gasteiger partial charge in [-0.25, -0.2) is 0 Å². The first-order valence-corrected chi connectivity index (χ1v) is 10.9. The molecule has 28 heavy (non-hydrogen) atoms. The average Bonchev–Trinajstić information content (AvgIpc) is 2.75. The van der Waals surface area contributed by atoms with Crippen LogP contribution in [0, 0.1) is 5.92 Å². The van der Waals surface area contributed by atoms with Crippen molar-refractivity contribution in [2.45, 2.75) is 51.6 Å². The average molecular weight is 389 g/mol. The van der Waals surface area contributed by atoms with Gasteiger partial charge in [-0.1, -0.05) is 13.0 Å². The van der Waals surface area contributed by atoms with E-state index in [-0.39, 0.29) is 11.8 Å². The number of rotatable bonds is 8. The fourth-order valence-electron chi connectivity index (χ4n) is 4.40. The fraction of sp³-hybridized carbons (Fsp3) is 0.727. The van der Waals surface area contributed by atoms with Gasteiger partial charge in [0.1, 0.15) is 0 Å². The van der Waals surface area contributed by atoms with Gasteiger partial charge in [0.25, 0.3) is 0 Å². The SMILES string of the molecule is CCc1ccc(CN2CCC(N3CCC[C@@H](C(=O)NCCOC)C3)CC2)nc1. The van der Waals surface area contributed by atoms with Gasteiger partial charge in [-0.15, -0.1) is 0 Å². The van der Waals surface area contributed by atoms with Crippen LogP contribution in [0.4, 0.5) is 0 Å². The lowest BCUT2D eigenvalue weighted by atomic mass is 9.93. The van der Waals surface area contributed by atoms with Gasteiger partial charge in [0.15, 0.2) is 0 Å². The largest absolute Gasteiger partial charge is 0.383 e. The summed E-state index contributed by atoms with van der Waals surface area (Å²) < 4.78 is 5.03. The molecule has 0 aromatic carbocycles. The molecule has 3 heterocycles. The normalized spacial score (nSPS) is 22.3. The van der Waals surface area contributed by atoms with E-state index in [9.17, 15) is 4.79 Å². The van der Waals surface area contributed by atoms with Crippen molar-refractivity contribution in [3.63, 3.8) is 0 Å². The highest BCUT2D eigenvalue weighted by Crippen LogP contribution is 2.24. The summed E-state index contributed by atoms with van der Waals surface area (Å²) in [6, 6.07) is 4.98. The molecule has 0 spiro atoms. The summed E-state index contributed by atoms with van der Waals surface area (Å²) in [6.45, 7) is 8.56. The Balaban J connectivity index is 1.42. The lowest BCUT2D eigenvalue weighted by Crippen LogP contribution is -2.50. The van der Waals surface area contributed by atoms with Crippen LogP contribution < -0.4 is 5.32 Å². The molecule has 0 radical (unpaired) electrons. The molecule has 0 unspecified atom stereocenters. The molecule has 1 N–H and O–H groups in total. The fourth-order valence-corrected chi connectivity index (χ4v) is 4.40. The van der Waals surface area contributed by atoms with Crippen LogP contribution in [0.5, 0.6) is 0 Å². The Kier molecular flexibility index (Phi) is 8.25. The standard InChI is InChI=1S/C22H36N4O2/c1-3-18-6-7-20(24-15-18)17-25-12-8-21(9-13-25)26-11-4-5-19(16-26)22(27)23-10-14-28-2/h6-7,15,19,21H,3-5,8-14,16-17H2,1-2H3,(H,23,27)/t19-/m1/s1. The van der Waals surface area contributed by atoms with Crippen molar-refractivity contribution in [1.82, 2.24) is 20.1 Å². The number of carbonyl (C=O) groups excluding carboxylic acids is 1. The molecule has 3 rings (SSSR count). The van der Waals surface area contributed by atoms with Gasteiger partial charge in [0, 0.05) is 52.1 Å². The third-order valence-electron chi connectivity index (χ3n) is 6.18. The Morgan fingerprint density at radius 2 is 2.07 bits per heavy atom. The molecule has 1 aromatic rings. The number of piperidine rings is 2. The molecule has 156 valence electrons. The Morgan fingerprint density at radius 3 is 2.75 bits per heavy atom. The van der Waals surface area contributed by atoms with Gasteiger partial charge in [-0.05, 0) is 50.3 Å². The minimum Gasteiger partial charge on any atom is -0.383 e. The van der Waals surface area contributed by atoms with Crippen LogP contribution in [0.15, 0.2) is 18.3 Å². The molecule has 0 aliphatic carbocycles. The van der Waals surface area contributed by atoms with E-state index in [1.54, 1.807) is 7.11 Å². The van der Waals surface area contributed by atoms with E-state index in [2.05, 4.69) is 39.2 Å². The van der Waals surface area contributed by atoms with Gasteiger partial charge in [0.2, 0.25) is 5.91 Å². The number of ether oxygens (including phenoxy) is 1. The Labute approximate surface area is 169 Å². The number of aryl methyl sites for hydroxylation is 1. The maximum Gasteiger partial charge on any atom is 0.224 e. The lowest BCUT2D eigenvalue weighted by molar-refractivity contribution is -0.127. The number of likely N-dealkylation sites (tertiary alicyclic amines) is 2. The number of nitrogens with zero attached hydrogens (tertiary/aromatic N) is 3. The lowest BCUT2D eigenvalue weighted by Gasteiger charge is -2.42. The maximum atomic E-state index is 12.4. The Bertz CT molecular complexity index is 599. The molecule has 6 heteroatoms. The number of aromatic nitrogens is 1. The predicted molar refractivity (Wildman–Crippen MR) is 111 cm³/mol. The molecule has 1 atom stereocenters. The number of hydrogen-bond acceptors (Lipinski definition) is 5. The minimum absolute atomic E-state index is 0.130. The molecule has 1 amide bonds. The summed E-state index contributed by atoms with van der Waals surface area (Å²) in [7, 11) is 1.66. The van der Waals surface area contributed by atoms with Crippen LogP contribution in [0.2, 0.25) is 0 Å². The number of pyridine rings is 1. The quantitative estimate of drug-likeness (QED) is 0.691. The van der Waals surface area contributed by atoms with Crippen molar-refractivity contribution >= 4 is 5.91 Å². The Hall–Kier alpha value is -1.50. The highest BCUT2D eigenvalue weighted by molar-refractivity contribution is 5.78. The van der Waals surface area contributed by atoms with E-state index in [0.717, 1.165) is 52.0 Å². The van der Waals surface area contributed by atoms with E-state index >= 15 is 0 Å². The summed E-state index contributed by atoms with van der Waals surface area (Å²) in [5, 5.41) is 3.01. The topological polar surface area (TPSA) is 57.7 Å². The van der Waals surface area contributed by atoms with Crippen molar-refractivity contribution in [3.05, 3.63) is 29.6 Å². The number of methoxy groups -OCH3 is 1. The predicted octanol–water partition coefficient (Wildman–Crippen LogP) is 2.08. The van der Waals surface area contributed by atoms with Crippen molar-refractivity contribution < 1.29 is 9.53 Å². The van der Waals surface area contributed by atoms with Crippen LogP contribution in [-0.4, -0.2) is 73.2 Å². The maximum absolute atomic E-state index is 12.4. The second-order valence-corrected chi connectivity index (χ2v) is 8.14. The third-order valence-corrected chi connectivity index (χ3v) is 6.18. The summed E-state index contributed by atoms with van der Waals surface area (Å²) in [4.78, 5) is 22.1. The van der Waals surface area contributed by atoms with Gasteiger partial charge in [-0.3, -0.25) is 19.6 Å². The molecule has 0 saturated carbocycles. The molecule has 0 bridgehead atoms. The molecule has 2 aliphatic heterocycles. The van der Waals surface area contributed by atoms with E-state index < -0.39 is 0 Å². The number of amides is 1. The third kappa shape index (κ3) is 6.00. The van der Waals surface area contributed by atoms with Gasteiger partial charge in [0.05, 0.1) is 18.2 Å². The van der Waals surface area contributed by atoms with Gasteiger partial charge >= 0.3 is 0 Å². The highest BCUT2D eigenvalue weighted by atomic mass is 16.5. The van der Waals surface area contributed by atoms with Gasteiger partial charge in [-0.2, -0.15) is 0 Å². The first-order chi connectivity index (χ1) is 13.7. The zero-order chi connectivity index (χ0) is 19.8. The van der Waals surface area contributed by atoms with E-state index in [1.165, 1.54) is 24.1 Å². The first-order valence-electron chi connectivity index (χ1n) is 10.9. The zero-order valence-corrected chi connectivity index (χ0v) is 17.5. The van der Waals surface area contributed by atoms with E-state index in [1.807, 2.05) is 6.20 Å². The molecule has 1 aromatic heterocycles. The molecule has 2 aliphatic rings. The minimum atomic E-state index is 0.130. The summed E-state index contributed by atoms with van der Waals surface area (Å²) in [5.74, 6) is 0.325. The number of carbonyl (C=O) groups is 1. The highest BCUT2D eigenvalue weighted by Gasteiger charge is 2.31. The van der Waals surface area contributed by atoms with Crippen LogP contribution in [0.1, 0.15) is 43.9 Å².